The fourth-order valence-electron chi connectivity index (χ4n) is 1.58. The predicted molar refractivity (Wildman–Crippen MR) is 66.3 cm³/mol. The van der Waals surface area contributed by atoms with Crippen molar-refractivity contribution < 1.29 is 27.4 Å². The summed E-state index contributed by atoms with van der Waals surface area (Å²) in [6.45, 7) is 1.50. The highest BCUT2D eigenvalue weighted by Crippen LogP contribution is 2.36. The van der Waals surface area contributed by atoms with E-state index in [1.54, 1.807) is 14.0 Å². The van der Waals surface area contributed by atoms with Crippen LogP contribution in [0.15, 0.2) is 18.2 Å². The van der Waals surface area contributed by atoms with Gasteiger partial charge in [-0.15, -0.1) is 0 Å². The van der Waals surface area contributed by atoms with Gasteiger partial charge in [0.15, 0.2) is 6.61 Å². The molecule has 112 valence electrons. The van der Waals surface area contributed by atoms with Gasteiger partial charge in [0.25, 0.3) is 0 Å². The van der Waals surface area contributed by atoms with E-state index < -0.39 is 24.3 Å². The Hall–Kier alpha value is -1.76. The van der Waals surface area contributed by atoms with Crippen molar-refractivity contribution in [1.82, 2.24) is 5.32 Å². The van der Waals surface area contributed by atoms with Crippen molar-refractivity contribution in [1.29, 1.82) is 0 Å². The standard InChI is InChI=1S/C13H16F3NO3/c1-3-19-12(18)8-20-11-5-4-9(7-17-2)6-10(11)13(14,15)16/h4-6,17H,3,7-8H2,1-2H3. The van der Waals surface area contributed by atoms with E-state index in [1.807, 2.05) is 0 Å². The molecular weight excluding hydrogens is 275 g/mol. The number of carbonyl (C=O) groups is 1. The molecule has 0 atom stereocenters. The van der Waals surface area contributed by atoms with Crippen LogP contribution in [0, 0.1) is 0 Å². The van der Waals surface area contributed by atoms with Crippen molar-refractivity contribution in [2.24, 2.45) is 0 Å². The molecular formula is C13H16F3NO3. The monoisotopic (exact) mass is 291 g/mol. The number of carbonyl (C=O) groups excluding carboxylic acids is 1. The second kappa shape index (κ2) is 7.14. The molecule has 0 saturated carbocycles. The molecule has 1 rings (SSSR count). The molecule has 0 radical (unpaired) electrons. The maximum atomic E-state index is 12.9. The molecule has 1 aromatic rings. The average Bonchev–Trinajstić information content (AvgIpc) is 2.37. The molecule has 0 bridgehead atoms. The summed E-state index contributed by atoms with van der Waals surface area (Å²) in [5.74, 6) is -1.09. The lowest BCUT2D eigenvalue weighted by Gasteiger charge is -2.15. The number of nitrogens with one attached hydrogen (secondary N) is 1. The van der Waals surface area contributed by atoms with Gasteiger partial charge in [-0.2, -0.15) is 13.2 Å². The first kappa shape index (κ1) is 16.3. The van der Waals surface area contributed by atoms with Crippen molar-refractivity contribution in [3.8, 4) is 5.75 Å². The zero-order valence-electron chi connectivity index (χ0n) is 11.2. The van der Waals surface area contributed by atoms with Gasteiger partial charge in [0.05, 0.1) is 12.2 Å². The lowest BCUT2D eigenvalue weighted by atomic mass is 10.1. The minimum atomic E-state index is -4.55. The molecule has 4 nitrogen and oxygen atoms in total. The van der Waals surface area contributed by atoms with Crippen LogP contribution in [0.2, 0.25) is 0 Å². The second-order valence-corrected chi connectivity index (χ2v) is 3.95. The van der Waals surface area contributed by atoms with Crippen LogP contribution in [-0.2, 0) is 22.3 Å². The van der Waals surface area contributed by atoms with Crippen molar-refractivity contribution in [3.63, 3.8) is 0 Å². The molecule has 0 aliphatic heterocycles. The van der Waals surface area contributed by atoms with E-state index in [1.165, 1.54) is 12.1 Å². The third-order valence-electron chi connectivity index (χ3n) is 2.38. The number of benzene rings is 1. The molecule has 0 aliphatic carbocycles. The van der Waals surface area contributed by atoms with Crippen LogP contribution in [0.3, 0.4) is 0 Å². The van der Waals surface area contributed by atoms with E-state index in [-0.39, 0.29) is 12.4 Å². The van der Waals surface area contributed by atoms with E-state index in [9.17, 15) is 18.0 Å². The third kappa shape index (κ3) is 4.73. The normalized spacial score (nSPS) is 11.2. The van der Waals surface area contributed by atoms with Crippen LogP contribution in [0.1, 0.15) is 18.1 Å². The van der Waals surface area contributed by atoms with E-state index in [0.29, 0.717) is 12.1 Å². The Morgan fingerprint density at radius 1 is 1.35 bits per heavy atom. The first-order valence-electron chi connectivity index (χ1n) is 6.01. The Kier molecular flexibility index (Phi) is 5.82. The molecule has 20 heavy (non-hydrogen) atoms. The topological polar surface area (TPSA) is 47.6 Å². The number of halogens is 3. The molecule has 0 amide bonds. The molecule has 0 saturated heterocycles. The van der Waals surface area contributed by atoms with Crippen LogP contribution in [0.4, 0.5) is 13.2 Å². The zero-order valence-corrected chi connectivity index (χ0v) is 11.2. The smallest absolute Gasteiger partial charge is 0.419 e. The van der Waals surface area contributed by atoms with Crippen molar-refractivity contribution >= 4 is 5.97 Å². The number of rotatable bonds is 6. The molecule has 7 heteroatoms. The third-order valence-corrected chi connectivity index (χ3v) is 2.38. The van der Waals surface area contributed by atoms with Crippen LogP contribution in [-0.4, -0.2) is 26.2 Å². The first-order valence-corrected chi connectivity index (χ1v) is 6.01. The Morgan fingerprint density at radius 2 is 2.05 bits per heavy atom. The highest BCUT2D eigenvalue weighted by Gasteiger charge is 2.34. The minimum Gasteiger partial charge on any atom is -0.481 e. The van der Waals surface area contributed by atoms with Crippen LogP contribution < -0.4 is 10.1 Å². The summed E-state index contributed by atoms with van der Waals surface area (Å²) in [6.07, 6.45) is -4.55. The molecule has 1 N–H and O–H groups in total. The number of hydrogen-bond acceptors (Lipinski definition) is 4. The van der Waals surface area contributed by atoms with Gasteiger partial charge in [-0.25, -0.2) is 4.79 Å². The van der Waals surface area contributed by atoms with Crippen molar-refractivity contribution in [3.05, 3.63) is 29.3 Å². The Bertz CT molecular complexity index is 461. The van der Waals surface area contributed by atoms with E-state index in [4.69, 9.17) is 4.74 Å². The molecule has 0 aromatic heterocycles. The van der Waals surface area contributed by atoms with E-state index in [2.05, 4.69) is 10.1 Å². The summed E-state index contributed by atoms with van der Waals surface area (Å²) in [6, 6.07) is 3.71. The second-order valence-electron chi connectivity index (χ2n) is 3.95. The molecule has 1 aromatic carbocycles. The summed E-state index contributed by atoms with van der Waals surface area (Å²) < 4.78 is 48.3. The van der Waals surface area contributed by atoms with Crippen LogP contribution >= 0.6 is 0 Å². The van der Waals surface area contributed by atoms with Gasteiger partial charge in [0.2, 0.25) is 0 Å². The maximum Gasteiger partial charge on any atom is 0.419 e. The Labute approximate surface area is 114 Å². The summed E-state index contributed by atoms with van der Waals surface area (Å²) in [5, 5.41) is 2.77. The van der Waals surface area contributed by atoms with E-state index in [0.717, 1.165) is 6.07 Å². The van der Waals surface area contributed by atoms with E-state index >= 15 is 0 Å². The van der Waals surface area contributed by atoms with Gasteiger partial charge in [0, 0.05) is 6.54 Å². The largest absolute Gasteiger partial charge is 0.481 e. The fraction of sp³-hybridized carbons (Fsp3) is 0.462. The van der Waals surface area contributed by atoms with Crippen molar-refractivity contribution in [2.75, 3.05) is 20.3 Å². The first-order chi connectivity index (χ1) is 9.38. The summed E-state index contributed by atoms with van der Waals surface area (Å²) in [7, 11) is 1.64. The van der Waals surface area contributed by atoms with Crippen LogP contribution in [0.5, 0.6) is 5.75 Å². The molecule has 0 unspecified atom stereocenters. The van der Waals surface area contributed by atoms with Crippen LogP contribution in [0.25, 0.3) is 0 Å². The highest BCUT2D eigenvalue weighted by molar-refractivity contribution is 5.71. The highest BCUT2D eigenvalue weighted by atomic mass is 19.4. The minimum absolute atomic E-state index is 0.148. The van der Waals surface area contributed by atoms with Gasteiger partial charge in [-0.3, -0.25) is 0 Å². The number of alkyl halides is 3. The summed E-state index contributed by atoms with van der Waals surface area (Å²) in [4.78, 5) is 11.1. The average molecular weight is 291 g/mol. The summed E-state index contributed by atoms with van der Waals surface area (Å²) in [5.41, 5.74) is -0.433. The van der Waals surface area contributed by atoms with Gasteiger partial charge in [-0.05, 0) is 31.7 Å². The van der Waals surface area contributed by atoms with Gasteiger partial charge in [0.1, 0.15) is 5.75 Å². The molecule has 0 heterocycles. The lowest BCUT2D eigenvalue weighted by molar-refractivity contribution is -0.147. The zero-order chi connectivity index (χ0) is 15.2. The summed E-state index contributed by atoms with van der Waals surface area (Å²) >= 11 is 0. The molecule has 0 spiro atoms. The molecule has 0 fully saturated rings. The Morgan fingerprint density at radius 3 is 2.60 bits per heavy atom. The van der Waals surface area contributed by atoms with Gasteiger partial charge >= 0.3 is 12.1 Å². The number of esters is 1. The van der Waals surface area contributed by atoms with Crippen molar-refractivity contribution in [2.45, 2.75) is 19.6 Å². The fourth-order valence-corrected chi connectivity index (χ4v) is 1.58. The predicted octanol–water partition coefficient (Wildman–Crippen LogP) is 2.37. The maximum absolute atomic E-state index is 12.9. The van der Waals surface area contributed by atoms with Gasteiger partial charge < -0.3 is 14.8 Å². The number of ether oxygens (including phenoxy) is 2. The number of hydrogen-bond donors (Lipinski definition) is 1. The van der Waals surface area contributed by atoms with Gasteiger partial charge in [-0.1, -0.05) is 6.07 Å². The lowest BCUT2D eigenvalue weighted by Crippen LogP contribution is -2.17. The molecule has 0 aliphatic rings. The Balaban J connectivity index is 2.91. The quantitative estimate of drug-likeness (QED) is 0.817. The SMILES string of the molecule is CCOC(=O)COc1ccc(CNC)cc1C(F)(F)F.